The van der Waals surface area contributed by atoms with Crippen molar-refractivity contribution in [3.63, 3.8) is 0 Å². The second-order valence-corrected chi connectivity index (χ2v) is 4.29. The van der Waals surface area contributed by atoms with Crippen LogP contribution in [-0.4, -0.2) is 4.98 Å². The van der Waals surface area contributed by atoms with Crippen molar-refractivity contribution < 1.29 is 9.27 Å². The lowest BCUT2D eigenvalue weighted by molar-refractivity contribution is -0.676. The third-order valence-corrected chi connectivity index (χ3v) is 3.00. The fraction of sp³-hybridized carbons (Fsp3) is 0.0625. The first-order valence-corrected chi connectivity index (χ1v) is 6.09. The summed E-state index contributed by atoms with van der Waals surface area (Å²) in [5.41, 5.74) is 2.51. The number of H-pyrrole nitrogens is 1. The number of rotatable bonds is 3. The molecule has 0 aliphatic rings. The molecule has 0 spiro atoms. The molecule has 3 aromatic rings. The number of nitrogens with one attached hydrogen (secondary N) is 1. The molecule has 19 heavy (non-hydrogen) atoms. The molecular formula is C16H15FN2. The van der Waals surface area contributed by atoms with Crippen molar-refractivity contribution in [2.24, 2.45) is 0 Å². The molecule has 0 fully saturated rings. The van der Waals surface area contributed by atoms with Crippen molar-refractivity contribution in [1.82, 2.24) is 4.98 Å². The zero-order chi connectivity index (χ0) is 12.2. The third kappa shape index (κ3) is 2.88. The summed E-state index contributed by atoms with van der Waals surface area (Å²) in [6, 6.07) is 20.9. The lowest BCUT2D eigenvalue weighted by atomic mass is 10.2. The lowest BCUT2D eigenvalue weighted by Crippen LogP contribution is -3.00. The number of imidazole rings is 1. The molecule has 0 atom stereocenters. The van der Waals surface area contributed by atoms with Gasteiger partial charge in [-0.2, -0.15) is 0 Å². The zero-order valence-electron chi connectivity index (χ0n) is 10.5. The van der Waals surface area contributed by atoms with Crippen molar-refractivity contribution in [3.05, 3.63) is 78.6 Å². The zero-order valence-corrected chi connectivity index (χ0v) is 10.5. The maximum Gasteiger partial charge on any atom is 0.286 e. The molecule has 96 valence electrons. The number of halogens is 1. The molecule has 1 aromatic heterocycles. The van der Waals surface area contributed by atoms with Gasteiger partial charge in [0.2, 0.25) is 0 Å². The monoisotopic (exact) mass is 254 g/mol. The molecule has 2 aromatic carbocycles. The van der Waals surface area contributed by atoms with E-state index in [1.807, 2.05) is 18.3 Å². The molecule has 0 radical (unpaired) electrons. The molecule has 0 bridgehead atoms. The van der Waals surface area contributed by atoms with E-state index in [-0.39, 0.29) is 4.70 Å². The summed E-state index contributed by atoms with van der Waals surface area (Å²) in [6.07, 6.45) is 4.06. The van der Waals surface area contributed by atoms with Crippen molar-refractivity contribution in [3.8, 4) is 11.4 Å². The molecule has 2 nitrogen and oxygen atoms in total. The highest BCUT2D eigenvalue weighted by Gasteiger charge is 2.12. The van der Waals surface area contributed by atoms with Crippen molar-refractivity contribution in [1.29, 1.82) is 0 Å². The third-order valence-electron chi connectivity index (χ3n) is 3.00. The van der Waals surface area contributed by atoms with E-state index in [9.17, 15) is 0 Å². The molecule has 0 aliphatic heterocycles. The van der Waals surface area contributed by atoms with Gasteiger partial charge in [-0.05, 0) is 17.7 Å². The Morgan fingerprint density at radius 1 is 0.842 bits per heavy atom. The highest BCUT2D eigenvalue weighted by Crippen LogP contribution is 2.12. The Kier molecular flexibility index (Phi) is 4.08. The standard InChI is InChI=1S/C16H14N2.FH/c1-3-7-14(8-4-1)13-18-12-11-17-16(18)15-9-5-2-6-10-15;/h1-12H,13H2;1H. The molecule has 0 saturated heterocycles. The minimum Gasteiger partial charge on any atom is -1.00 e. The largest absolute Gasteiger partial charge is 1.00 e. The predicted molar refractivity (Wildman–Crippen MR) is 72.0 cm³/mol. The van der Waals surface area contributed by atoms with Gasteiger partial charge < -0.3 is 4.70 Å². The van der Waals surface area contributed by atoms with E-state index in [0.29, 0.717) is 0 Å². The Bertz CT molecular complexity index is 618. The van der Waals surface area contributed by atoms with Crippen LogP contribution in [0.25, 0.3) is 11.4 Å². The van der Waals surface area contributed by atoms with E-state index >= 15 is 0 Å². The molecule has 0 saturated carbocycles. The summed E-state index contributed by atoms with van der Waals surface area (Å²) in [5, 5.41) is 0. The smallest absolute Gasteiger partial charge is 0.286 e. The van der Waals surface area contributed by atoms with Crippen molar-refractivity contribution in [2.75, 3.05) is 0 Å². The first kappa shape index (κ1) is 13.0. The topological polar surface area (TPSA) is 19.7 Å². The number of benzene rings is 2. The normalized spacial score (nSPS) is 9.89. The van der Waals surface area contributed by atoms with Crippen LogP contribution in [0, 0.1) is 0 Å². The van der Waals surface area contributed by atoms with E-state index < -0.39 is 0 Å². The van der Waals surface area contributed by atoms with Gasteiger partial charge in [0.15, 0.2) is 0 Å². The van der Waals surface area contributed by atoms with E-state index in [1.54, 1.807) is 0 Å². The fourth-order valence-corrected chi connectivity index (χ4v) is 2.12. The van der Waals surface area contributed by atoms with Crippen LogP contribution >= 0.6 is 0 Å². The minimum absolute atomic E-state index is 0. The Morgan fingerprint density at radius 2 is 1.47 bits per heavy atom. The van der Waals surface area contributed by atoms with Gasteiger partial charge in [-0.1, -0.05) is 48.5 Å². The van der Waals surface area contributed by atoms with E-state index in [0.717, 1.165) is 12.4 Å². The Balaban J connectivity index is 0.00000133. The van der Waals surface area contributed by atoms with Crippen LogP contribution < -0.4 is 9.27 Å². The van der Waals surface area contributed by atoms with Gasteiger partial charge in [-0.15, -0.1) is 0 Å². The lowest BCUT2D eigenvalue weighted by Gasteiger charge is -2.01. The summed E-state index contributed by atoms with van der Waals surface area (Å²) < 4.78 is 2.23. The number of nitrogens with zero attached hydrogens (tertiary/aromatic N) is 1. The number of aromatic nitrogens is 2. The highest BCUT2D eigenvalue weighted by molar-refractivity contribution is 5.51. The van der Waals surface area contributed by atoms with Gasteiger partial charge in [-0.25, -0.2) is 9.55 Å². The Morgan fingerprint density at radius 3 is 2.16 bits per heavy atom. The molecular weight excluding hydrogens is 239 g/mol. The van der Waals surface area contributed by atoms with E-state index in [2.05, 4.69) is 64.3 Å². The summed E-state index contributed by atoms with van der Waals surface area (Å²) >= 11 is 0. The molecule has 1 N–H and O–H groups in total. The van der Waals surface area contributed by atoms with Gasteiger partial charge in [-0.3, -0.25) is 0 Å². The van der Waals surface area contributed by atoms with Gasteiger partial charge in [0.25, 0.3) is 5.82 Å². The first-order chi connectivity index (χ1) is 8.93. The van der Waals surface area contributed by atoms with Gasteiger partial charge in [0.05, 0.1) is 5.56 Å². The van der Waals surface area contributed by atoms with E-state index in [4.69, 9.17) is 0 Å². The average Bonchev–Trinajstić information content (AvgIpc) is 2.89. The first-order valence-electron chi connectivity index (χ1n) is 6.09. The maximum absolute atomic E-state index is 3.31. The molecule has 3 rings (SSSR count). The number of hydrogen-bond acceptors (Lipinski definition) is 0. The molecule has 0 aliphatic carbocycles. The SMILES string of the molecule is [F-].c1ccc(C[n+]2cc[nH]c2-c2ccccc2)cc1. The number of aromatic amines is 1. The Labute approximate surface area is 111 Å². The number of hydrogen-bond donors (Lipinski definition) is 1. The van der Waals surface area contributed by atoms with Crippen molar-refractivity contribution in [2.45, 2.75) is 6.54 Å². The van der Waals surface area contributed by atoms with E-state index in [1.165, 1.54) is 11.1 Å². The second kappa shape index (κ2) is 5.96. The highest BCUT2D eigenvalue weighted by atomic mass is 19.0. The summed E-state index contributed by atoms with van der Waals surface area (Å²) in [4.78, 5) is 3.31. The second-order valence-electron chi connectivity index (χ2n) is 4.29. The molecule has 0 unspecified atom stereocenters. The molecule has 1 heterocycles. The summed E-state index contributed by atoms with van der Waals surface area (Å²) in [5.74, 6) is 1.14. The van der Waals surface area contributed by atoms with Crippen LogP contribution in [0.1, 0.15) is 5.56 Å². The van der Waals surface area contributed by atoms with Gasteiger partial charge in [0, 0.05) is 0 Å². The summed E-state index contributed by atoms with van der Waals surface area (Å²) in [6.45, 7) is 0.883. The Hall–Kier alpha value is -2.42. The quantitative estimate of drug-likeness (QED) is 0.636. The maximum atomic E-state index is 3.31. The van der Waals surface area contributed by atoms with Crippen LogP contribution in [0.4, 0.5) is 0 Å². The molecule has 0 amide bonds. The minimum atomic E-state index is 0. The fourth-order valence-electron chi connectivity index (χ4n) is 2.12. The van der Waals surface area contributed by atoms with Crippen LogP contribution in [0.15, 0.2) is 73.1 Å². The summed E-state index contributed by atoms with van der Waals surface area (Å²) in [7, 11) is 0. The van der Waals surface area contributed by atoms with Crippen LogP contribution in [0.3, 0.4) is 0 Å². The molecule has 3 heteroatoms. The van der Waals surface area contributed by atoms with Crippen molar-refractivity contribution >= 4 is 0 Å². The van der Waals surface area contributed by atoms with Crippen LogP contribution in [0.2, 0.25) is 0 Å². The van der Waals surface area contributed by atoms with Gasteiger partial charge in [0.1, 0.15) is 18.9 Å². The average molecular weight is 254 g/mol. The predicted octanol–water partition coefficient (Wildman–Crippen LogP) is 0.0215. The van der Waals surface area contributed by atoms with Crippen LogP contribution in [0.5, 0.6) is 0 Å². The van der Waals surface area contributed by atoms with Gasteiger partial charge >= 0.3 is 0 Å². The van der Waals surface area contributed by atoms with Crippen LogP contribution in [-0.2, 0) is 6.54 Å².